The van der Waals surface area contributed by atoms with Crippen LogP contribution in [0.1, 0.15) is 10.4 Å². The van der Waals surface area contributed by atoms with Crippen molar-refractivity contribution >= 4 is 5.91 Å². The van der Waals surface area contributed by atoms with Crippen molar-refractivity contribution in [1.29, 1.82) is 0 Å². The molecule has 0 atom stereocenters. The molecule has 0 heterocycles. The Labute approximate surface area is 100 Å². The van der Waals surface area contributed by atoms with Crippen molar-refractivity contribution in [2.75, 3.05) is 34.2 Å². The molecule has 0 bridgehead atoms. The highest BCUT2D eigenvalue weighted by Gasteiger charge is 2.15. The van der Waals surface area contributed by atoms with E-state index in [-0.39, 0.29) is 17.2 Å². The van der Waals surface area contributed by atoms with Crippen molar-refractivity contribution in [1.82, 2.24) is 9.80 Å². The molecule has 0 unspecified atom stereocenters. The minimum absolute atomic E-state index is 0.118. The summed E-state index contributed by atoms with van der Waals surface area (Å²) >= 11 is 0. The number of likely N-dealkylation sites (N-methyl/N-ethyl adjacent to an activating group) is 2. The quantitative estimate of drug-likeness (QED) is 0.859. The first-order chi connectivity index (χ1) is 7.91. The molecular weight excluding hydrogens is 223 g/mol. The fourth-order valence-electron chi connectivity index (χ4n) is 1.34. The van der Waals surface area contributed by atoms with E-state index in [1.165, 1.54) is 11.0 Å². The molecule has 0 aliphatic rings. The predicted octanol–water partition coefficient (Wildman–Crippen LogP) is 1.16. The summed E-state index contributed by atoms with van der Waals surface area (Å²) in [4.78, 5) is 15.4. The number of benzene rings is 1. The van der Waals surface area contributed by atoms with Crippen molar-refractivity contribution in [3.8, 4) is 5.75 Å². The first-order valence-corrected chi connectivity index (χ1v) is 5.30. The number of amides is 1. The Kier molecular flexibility index (Phi) is 4.45. The van der Waals surface area contributed by atoms with Crippen LogP contribution in [0.25, 0.3) is 0 Å². The summed E-state index contributed by atoms with van der Waals surface area (Å²) in [6.07, 6.45) is 0. The molecule has 1 rings (SSSR count). The summed E-state index contributed by atoms with van der Waals surface area (Å²) in [5.74, 6) is -1.20. The second-order valence-corrected chi connectivity index (χ2v) is 4.19. The number of hydrogen-bond donors (Lipinski definition) is 1. The van der Waals surface area contributed by atoms with E-state index in [0.717, 1.165) is 18.7 Å². The maximum atomic E-state index is 12.8. The average Bonchev–Trinajstić information content (AvgIpc) is 2.25. The van der Waals surface area contributed by atoms with Crippen LogP contribution in [0.3, 0.4) is 0 Å². The summed E-state index contributed by atoms with van der Waals surface area (Å²) < 4.78 is 12.8. The maximum absolute atomic E-state index is 12.8. The van der Waals surface area contributed by atoms with Crippen molar-refractivity contribution in [3.63, 3.8) is 0 Å². The lowest BCUT2D eigenvalue weighted by atomic mass is 10.1. The fraction of sp³-hybridized carbons (Fsp3) is 0.417. The van der Waals surface area contributed by atoms with Crippen LogP contribution in [-0.2, 0) is 0 Å². The van der Waals surface area contributed by atoms with E-state index < -0.39 is 5.82 Å². The van der Waals surface area contributed by atoms with Gasteiger partial charge in [0.25, 0.3) is 5.91 Å². The molecule has 0 radical (unpaired) electrons. The number of nitrogens with zero attached hydrogens (tertiary/aromatic N) is 2. The smallest absolute Gasteiger partial charge is 0.257 e. The number of phenols is 1. The molecule has 1 amide bonds. The molecule has 0 aromatic heterocycles. The van der Waals surface area contributed by atoms with E-state index in [0.29, 0.717) is 6.54 Å². The highest BCUT2D eigenvalue weighted by atomic mass is 19.1. The second kappa shape index (κ2) is 5.63. The van der Waals surface area contributed by atoms with Crippen molar-refractivity contribution in [3.05, 3.63) is 29.6 Å². The number of carbonyl (C=O) groups excluding carboxylic acids is 1. The van der Waals surface area contributed by atoms with Crippen LogP contribution in [0.4, 0.5) is 4.39 Å². The molecule has 0 saturated carbocycles. The Balaban J connectivity index is 2.75. The van der Waals surface area contributed by atoms with Crippen molar-refractivity contribution < 1.29 is 14.3 Å². The van der Waals surface area contributed by atoms with Gasteiger partial charge in [-0.1, -0.05) is 0 Å². The van der Waals surface area contributed by atoms with Gasteiger partial charge in [-0.2, -0.15) is 0 Å². The highest BCUT2D eigenvalue weighted by molar-refractivity contribution is 5.96. The van der Waals surface area contributed by atoms with Crippen LogP contribution in [0.5, 0.6) is 5.75 Å². The summed E-state index contributed by atoms with van der Waals surface area (Å²) in [5.41, 5.74) is 0.118. The molecular formula is C12H17FN2O2. The van der Waals surface area contributed by atoms with Gasteiger partial charge in [0.2, 0.25) is 0 Å². The SMILES string of the molecule is CN(C)CCN(C)C(=O)c1ccc(F)cc1O. The molecule has 1 aromatic rings. The van der Waals surface area contributed by atoms with Gasteiger partial charge in [-0.3, -0.25) is 4.79 Å². The summed E-state index contributed by atoms with van der Waals surface area (Å²) in [6.45, 7) is 1.27. The van der Waals surface area contributed by atoms with Gasteiger partial charge in [0.05, 0.1) is 5.56 Å². The molecule has 0 aliphatic heterocycles. The van der Waals surface area contributed by atoms with Gasteiger partial charge < -0.3 is 14.9 Å². The molecule has 5 heteroatoms. The van der Waals surface area contributed by atoms with Gasteiger partial charge in [-0.15, -0.1) is 0 Å². The Morgan fingerprint density at radius 3 is 2.47 bits per heavy atom. The van der Waals surface area contributed by atoms with Crippen LogP contribution >= 0.6 is 0 Å². The lowest BCUT2D eigenvalue weighted by molar-refractivity contribution is 0.0783. The first-order valence-electron chi connectivity index (χ1n) is 5.30. The molecule has 0 saturated heterocycles. The molecule has 1 aromatic carbocycles. The van der Waals surface area contributed by atoms with Gasteiger partial charge in [0.15, 0.2) is 0 Å². The first kappa shape index (κ1) is 13.4. The fourth-order valence-corrected chi connectivity index (χ4v) is 1.34. The zero-order valence-electron chi connectivity index (χ0n) is 10.3. The number of halogens is 1. The minimum Gasteiger partial charge on any atom is -0.507 e. The average molecular weight is 240 g/mol. The van der Waals surface area contributed by atoms with Gasteiger partial charge in [0, 0.05) is 26.2 Å². The van der Waals surface area contributed by atoms with E-state index in [1.807, 2.05) is 19.0 Å². The van der Waals surface area contributed by atoms with Crippen molar-refractivity contribution in [2.24, 2.45) is 0 Å². The number of hydrogen-bond acceptors (Lipinski definition) is 3. The normalized spacial score (nSPS) is 10.6. The maximum Gasteiger partial charge on any atom is 0.257 e. The molecule has 94 valence electrons. The number of rotatable bonds is 4. The van der Waals surface area contributed by atoms with Gasteiger partial charge in [-0.05, 0) is 26.2 Å². The van der Waals surface area contributed by atoms with Crippen LogP contribution in [0.2, 0.25) is 0 Å². The zero-order valence-corrected chi connectivity index (χ0v) is 10.3. The van der Waals surface area contributed by atoms with Gasteiger partial charge >= 0.3 is 0 Å². The third kappa shape index (κ3) is 3.71. The summed E-state index contributed by atoms with van der Waals surface area (Å²) in [7, 11) is 5.47. The van der Waals surface area contributed by atoms with Crippen LogP contribution in [0.15, 0.2) is 18.2 Å². The van der Waals surface area contributed by atoms with Crippen LogP contribution in [0, 0.1) is 5.82 Å². The minimum atomic E-state index is -0.560. The summed E-state index contributed by atoms with van der Waals surface area (Å²) in [6, 6.07) is 3.39. The molecule has 1 N–H and O–H groups in total. The Morgan fingerprint density at radius 2 is 1.94 bits per heavy atom. The van der Waals surface area contributed by atoms with Crippen molar-refractivity contribution in [2.45, 2.75) is 0 Å². The lowest BCUT2D eigenvalue weighted by Gasteiger charge is -2.20. The van der Waals surface area contributed by atoms with Crippen LogP contribution < -0.4 is 0 Å². The predicted molar refractivity (Wildman–Crippen MR) is 63.6 cm³/mol. The topological polar surface area (TPSA) is 43.8 Å². The summed E-state index contributed by atoms with van der Waals surface area (Å²) in [5, 5.41) is 9.49. The lowest BCUT2D eigenvalue weighted by Crippen LogP contribution is -2.33. The molecule has 0 spiro atoms. The second-order valence-electron chi connectivity index (χ2n) is 4.19. The highest BCUT2D eigenvalue weighted by Crippen LogP contribution is 2.19. The van der Waals surface area contributed by atoms with Crippen LogP contribution in [-0.4, -0.2) is 55.0 Å². The van der Waals surface area contributed by atoms with E-state index in [9.17, 15) is 14.3 Å². The standard InChI is InChI=1S/C12H17FN2O2/c1-14(2)6-7-15(3)12(17)10-5-4-9(13)8-11(10)16/h4-5,8,16H,6-7H2,1-3H3. The Bertz CT molecular complexity index is 407. The molecule has 0 fully saturated rings. The third-order valence-corrected chi connectivity index (χ3v) is 2.42. The number of aromatic hydroxyl groups is 1. The molecule has 4 nitrogen and oxygen atoms in total. The van der Waals surface area contributed by atoms with Gasteiger partial charge in [0.1, 0.15) is 11.6 Å². The molecule has 0 aliphatic carbocycles. The zero-order chi connectivity index (χ0) is 13.0. The monoisotopic (exact) mass is 240 g/mol. The van der Waals surface area contributed by atoms with Gasteiger partial charge in [-0.25, -0.2) is 4.39 Å². The number of phenolic OH excluding ortho intramolecular Hbond substituents is 1. The Morgan fingerprint density at radius 1 is 1.29 bits per heavy atom. The Hall–Kier alpha value is -1.62. The van der Waals surface area contributed by atoms with E-state index in [2.05, 4.69) is 0 Å². The van der Waals surface area contributed by atoms with E-state index in [1.54, 1.807) is 7.05 Å². The third-order valence-electron chi connectivity index (χ3n) is 2.42. The number of carbonyl (C=O) groups is 1. The van der Waals surface area contributed by atoms with E-state index >= 15 is 0 Å². The largest absolute Gasteiger partial charge is 0.507 e. The molecule has 17 heavy (non-hydrogen) atoms. The van der Waals surface area contributed by atoms with E-state index in [4.69, 9.17) is 0 Å².